The summed E-state index contributed by atoms with van der Waals surface area (Å²) >= 11 is 0. The Morgan fingerprint density at radius 1 is 1.41 bits per heavy atom. The predicted octanol–water partition coefficient (Wildman–Crippen LogP) is 2.95. The summed E-state index contributed by atoms with van der Waals surface area (Å²) in [6.07, 6.45) is 9.11. The summed E-state index contributed by atoms with van der Waals surface area (Å²) in [7, 11) is 4.00. The fraction of sp³-hybridized carbons (Fsp3) is 0.565. The molecule has 2 aliphatic carbocycles. The van der Waals surface area contributed by atoms with Gasteiger partial charge in [0.05, 0.1) is 12.2 Å². The summed E-state index contributed by atoms with van der Waals surface area (Å²) < 4.78 is 11.9. The Kier molecular flexibility index (Phi) is 5.03. The van der Waals surface area contributed by atoms with Crippen molar-refractivity contribution in [1.29, 1.82) is 0 Å². The summed E-state index contributed by atoms with van der Waals surface area (Å²) in [6.45, 7) is 6.18. The van der Waals surface area contributed by atoms with E-state index in [4.69, 9.17) is 15.2 Å². The lowest BCUT2D eigenvalue weighted by atomic mass is 9.56. The molecule has 1 aromatic rings. The molecule has 1 saturated heterocycles. The number of piperidine rings is 1. The van der Waals surface area contributed by atoms with E-state index in [0.29, 0.717) is 30.0 Å². The number of likely N-dealkylation sites (tertiary alicyclic amines) is 1. The highest BCUT2D eigenvalue weighted by atomic mass is 16.5. The van der Waals surface area contributed by atoms with Gasteiger partial charge in [0, 0.05) is 43.3 Å². The number of nitrogens with zero attached hydrogens (tertiary/aromatic N) is 2. The third kappa shape index (κ3) is 3.49. The van der Waals surface area contributed by atoms with Crippen LogP contribution in [-0.4, -0.2) is 54.7 Å². The van der Waals surface area contributed by atoms with Crippen LogP contribution in [0.4, 0.5) is 0 Å². The van der Waals surface area contributed by atoms with E-state index in [1.165, 1.54) is 11.1 Å². The second-order valence-corrected chi connectivity index (χ2v) is 9.11. The standard InChI is InChI=1S/C23H31N3O3/c1-22(28-4)7-5-15-11-19-18(23(2,17(15)13-22)8-10-26(19)3)14-29-20-12-16(21(24)27)6-9-25-20/h5-7,9,12,18-19H,8,10-11,13-14H2,1-4H3,(H2,24,27)/t18-,19?,22?,23+/m0/s1. The number of carbonyl (C=O) groups is 1. The molecule has 2 heterocycles. The van der Waals surface area contributed by atoms with Crippen molar-refractivity contribution in [1.82, 2.24) is 9.88 Å². The van der Waals surface area contributed by atoms with Crippen LogP contribution in [0.25, 0.3) is 0 Å². The Bertz CT molecular complexity index is 880. The van der Waals surface area contributed by atoms with Crippen LogP contribution in [-0.2, 0) is 4.74 Å². The normalized spacial score (nSPS) is 34.1. The minimum Gasteiger partial charge on any atom is -0.477 e. The zero-order valence-corrected chi connectivity index (χ0v) is 17.8. The van der Waals surface area contributed by atoms with Gasteiger partial charge in [-0.25, -0.2) is 4.98 Å². The van der Waals surface area contributed by atoms with Crippen molar-refractivity contribution in [3.8, 4) is 5.88 Å². The van der Waals surface area contributed by atoms with Crippen LogP contribution in [0.2, 0.25) is 0 Å². The Labute approximate surface area is 172 Å². The number of fused-ring (bicyclic) bond motifs is 3. The SMILES string of the molecule is COC1(C)C=CC2=C(C1)[C@@]1(C)CCN(C)C(C2)[C@@H]1COc1cc(C(N)=O)ccn1. The van der Waals surface area contributed by atoms with Crippen LogP contribution in [0.1, 0.15) is 43.5 Å². The van der Waals surface area contributed by atoms with Crippen LogP contribution in [0.15, 0.2) is 41.6 Å². The molecule has 6 nitrogen and oxygen atoms in total. The molecule has 29 heavy (non-hydrogen) atoms. The molecule has 2 bridgehead atoms. The fourth-order valence-corrected chi connectivity index (χ4v) is 5.30. The minimum atomic E-state index is -0.471. The van der Waals surface area contributed by atoms with Gasteiger partial charge in [0.15, 0.2) is 0 Å². The monoisotopic (exact) mass is 397 g/mol. The highest BCUT2D eigenvalue weighted by Gasteiger charge is 2.52. The first-order valence-corrected chi connectivity index (χ1v) is 10.3. The molecule has 0 radical (unpaired) electrons. The third-order valence-electron chi connectivity index (χ3n) is 7.40. The van der Waals surface area contributed by atoms with Gasteiger partial charge in [-0.15, -0.1) is 0 Å². The zero-order valence-electron chi connectivity index (χ0n) is 17.8. The van der Waals surface area contributed by atoms with E-state index < -0.39 is 5.91 Å². The quantitative estimate of drug-likeness (QED) is 0.827. The van der Waals surface area contributed by atoms with Crippen molar-refractivity contribution < 1.29 is 14.3 Å². The molecule has 1 aromatic heterocycles. The number of pyridine rings is 1. The number of aromatic nitrogens is 1. The Morgan fingerprint density at radius 3 is 2.93 bits per heavy atom. The van der Waals surface area contributed by atoms with Gasteiger partial charge >= 0.3 is 0 Å². The van der Waals surface area contributed by atoms with Crippen molar-refractivity contribution in [2.75, 3.05) is 27.3 Å². The highest BCUT2D eigenvalue weighted by molar-refractivity contribution is 5.92. The Balaban J connectivity index is 1.62. The Morgan fingerprint density at radius 2 is 2.21 bits per heavy atom. The van der Waals surface area contributed by atoms with Gasteiger partial charge in [-0.1, -0.05) is 24.6 Å². The van der Waals surface area contributed by atoms with Crippen molar-refractivity contribution in [2.45, 2.75) is 44.8 Å². The molecule has 0 spiro atoms. The van der Waals surface area contributed by atoms with Crippen molar-refractivity contribution in [3.63, 3.8) is 0 Å². The number of allylic oxidation sites excluding steroid dienone is 1. The number of nitrogens with two attached hydrogens (primary N) is 1. The number of carbonyl (C=O) groups excluding carboxylic acids is 1. The van der Waals surface area contributed by atoms with Crippen molar-refractivity contribution in [2.24, 2.45) is 17.1 Å². The van der Waals surface area contributed by atoms with Gasteiger partial charge in [-0.3, -0.25) is 4.79 Å². The predicted molar refractivity (Wildman–Crippen MR) is 112 cm³/mol. The van der Waals surface area contributed by atoms with Crippen LogP contribution in [0, 0.1) is 11.3 Å². The summed E-state index contributed by atoms with van der Waals surface area (Å²) in [4.78, 5) is 18.2. The summed E-state index contributed by atoms with van der Waals surface area (Å²) in [5.41, 5.74) is 8.59. The lowest BCUT2D eigenvalue weighted by molar-refractivity contribution is -0.0248. The second kappa shape index (κ2) is 7.26. The van der Waals surface area contributed by atoms with Gasteiger partial charge in [0.1, 0.15) is 0 Å². The molecule has 2 N–H and O–H groups in total. The summed E-state index contributed by atoms with van der Waals surface area (Å²) in [5, 5.41) is 0. The molecule has 2 unspecified atom stereocenters. The number of amides is 1. The molecule has 1 aliphatic heterocycles. The molecule has 0 aromatic carbocycles. The number of primary amides is 1. The van der Waals surface area contributed by atoms with Gasteiger partial charge in [-0.05, 0) is 50.4 Å². The molecule has 6 heteroatoms. The maximum absolute atomic E-state index is 11.5. The third-order valence-corrected chi connectivity index (χ3v) is 7.40. The second-order valence-electron chi connectivity index (χ2n) is 9.11. The van der Waals surface area contributed by atoms with Gasteiger partial charge < -0.3 is 20.1 Å². The number of hydrogen-bond acceptors (Lipinski definition) is 5. The van der Waals surface area contributed by atoms with E-state index in [1.54, 1.807) is 25.4 Å². The minimum absolute atomic E-state index is 0.0522. The van der Waals surface area contributed by atoms with Gasteiger partial charge in [-0.2, -0.15) is 0 Å². The number of ether oxygens (including phenoxy) is 2. The molecule has 156 valence electrons. The van der Waals surface area contributed by atoms with E-state index in [-0.39, 0.29) is 11.0 Å². The van der Waals surface area contributed by atoms with Crippen LogP contribution >= 0.6 is 0 Å². The summed E-state index contributed by atoms with van der Waals surface area (Å²) in [6, 6.07) is 3.66. The fourth-order valence-electron chi connectivity index (χ4n) is 5.30. The lowest BCUT2D eigenvalue weighted by Crippen LogP contribution is -2.58. The van der Waals surface area contributed by atoms with E-state index in [2.05, 4.69) is 42.9 Å². The average Bonchev–Trinajstić information content (AvgIpc) is 2.71. The molecular formula is C23H31N3O3. The first-order valence-electron chi connectivity index (χ1n) is 10.3. The maximum atomic E-state index is 11.5. The zero-order chi connectivity index (χ0) is 20.8. The molecule has 4 rings (SSSR count). The topological polar surface area (TPSA) is 77.7 Å². The van der Waals surface area contributed by atoms with E-state index in [9.17, 15) is 4.79 Å². The average molecular weight is 398 g/mol. The largest absolute Gasteiger partial charge is 0.477 e. The Hall–Kier alpha value is -2.18. The van der Waals surface area contributed by atoms with Crippen molar-refractivity contribution >= 4 is 5.91 Å². The summed E-state index contributed by atoms with van der Waals surface area (Å²) in [5.74, 6) is 0.323. The van der Waals surface area contributed by atoms with Gasteiger partial charge in [0.25, 0.3) is 0 Å². The van der Waals surface area contributed by atoms with E-state index >= 15 is 0 Å². The first kappa shape index (κ1) is 20.1. The number of methoxy groups -OCH3 is 1. The van der Waals surface area contributed by atoms with Crippen LogP contribution in [0.3, 0.4) is 0 Å². The van der Waals surface area contributed by atoms with Crippen LogP contribution < -0.4 is 10.5 Å². The van der Waals surface area contributed by atoms with E-state index in [1.807, 2.05) is 0 Å². The molecular weight excluding hydrogens is 366 g/mol. The first-order chi connectivity index (χ1) is 13.8. The number of rotatable bonds is 5. The number of hydrogen-bond donors (Lipinski definition) is 1. The van der Waals surface area contributed by atoms with Crippen molar-refractivity contribution in [3.05, 3.63) is 47.2 Å². The van der Waals surface area contributed by atoms with Gasteiger partial charge in [0.2, 0.25) is 11.8 Å². The molecule has 0 saturated carbocycles. The lowest BCUT2D eigenvalue weighted by Gasteiger charge is -2.56. The molecule has 1 fully saturated rings. The maximum Gasteiger partial charge on any atom is 0.248 e. The molecule has 4 atom stereocenters. The van der Waals surface area contributed by atoms with E-state index in [0.717, 1.165) is 25.8 Å². The molecule has 3 aliphatic rings. The molecule has 1 amide bonds. The highest BCUT2D eigenvalue weighted by Crippen LogP contribution is 2.55. The van der Waals surface area contributed by atoms with Crippen LogP contribution in [0.5, 0.6) is 5.88 Å². The smallest absolute Gasteiger partial charge is 0.248 e.